The number of aryl methyl sites for hydroxylation is 1. The highest BCUT2D eigenvalue weighted by molar-refractivity contribution is 7.15. The second kappa shape index (κ2) is 10.5. The molecule has 0 N–H and O–H groups in total. The Hall–Kier alpha value is -4.51. The van der Waals surface area contributed by atoms with E-state index in [1.54, 1.807) is 24.2 Å². The van der Waals surface area contributed by atoms with Crippen molar-refractivity contribution >= 4 is 34.4 Å². The van der Waals surface area contributed by atoms with Crippen molar-refractivity contribution in [3.05, 3.63) is 88.7 Å². The highest BCUT2D eigenvalue weighted by atomic mass is 32.1. The van der Waals surface area contributed by atoms with Crippen molar-refractivity contribution < 1.29 is 22.7 Å². The lowest BCUT2D eigenvalue weighted by Gasteiger charge is -2.24. The third-order valence-electron chi connectivity index (χ3n) is 7.11. The first-order valence-electron chi connectivity index (χ1n) is 12.8. The van der Waals surface area contributed by atoms with E-state index < -0.39 is 11.7 Å². The molecule has 4 heterocycles. The van der Waals surface area contributed by atoms with Crippen molar-refractivity contribution in [2.75, 3.05) is 13.7 Å². The fourth-order valence-corrected chi connectivity index (χ4v) is 6.22. The maximum atomic E-state index is 13.4. The van der Waals surface area contributed by atoms with Gasteiger partial charge in [-0.1, -0.05) is 42.5 Å². The van der Waals surface area contributed by atoms with Crippen LogP contribution in [-0.2, 0) is 31.0 Å². The number of alkyl halides is 3. The molecule has 0 fully saturated rings. The number of hydrogen-bond acceptors (Lipinski definition) is 6. The van der Waals surface area contributed by atoms with Gasteiger partial charge in [-0.3, -0.25) is 4.79 Å². The van der Waals surface area contributed by atoms with E-state index in [9.17, 15) is 18.0 Å². The molecule has 1 amide bonds. The third kappa shape index (κ3) is 4.97. The molecule has 41 heavy (non-hydrogen) atoms. The number of methoxy groups -OCH3 is 1. The average molecular weight is 576 g/mol. The van der Waals surface area contributed by atoms with Crippen LogP contribution in [0.25, 0.3) is 38.9 Å². The molecular weight excluding hydrogens is 551 g/mol. The number of nitrogens with zero attached hydrogens (tertiary/aromatic N) is 5. The number of aromatic nitrogens is 4. The first-order chi connectivity index (χ1) is 19.7. The molecule has 0 radical (unpaired) electrons. The van der Waals surface area contributed by atoms with E-state index in [-0.39, 0.29) is 5.91 Å². The summed E-state index contributed by atoms with van der Waals surface area (Å²) in [7, 11) is 3.47. The summed E-state index contributed by atoms with van der Waals surface area (Å²) < 4.78 is 46.4. The zero-order chi connectivity index (χ0) is 28.7. The quantitative estimate of drug-likeness (QED) is 0.227. The third-order valence-corrected chi connectivity index (χ3v) is 8.24. The van der Waals surface area contributed by atoms with Crippen LogP contribution >= 0.6 is 11.3 Å². The Kier molecular flexibility index (Phi) is 6.82. The number of carbonyl (C=O) groups is 1. The van der Waals surface area contributed by atoms with Gasteiger partial charge in [-0.15, -0.1) is 11.3 Å². The molecule has 0 atom stereocenters. The molecule has 5 aromatic rings. The van der Waals surface area contributed by atoms with Gasteiger partial charge in [-0.25, -0.2) is 15.0 Å². The van der Waals surface area contributed by atoms with Gasteiger partial charge in [0.25, 0.3) is 0 Å². The molecule has 7 nitrogen and oxygen atoms in total. The topological polar surface area (TPSA) is 73.1 Å². The Morgan fingerprint density at radius 3 is 2.51 bits per heavy atom. The fraction of sp³-hybridized carbons (Fsp3) is 0.200. The molecule has 1 aliphatic rings. The Morgan fingerprint density at radius 1 is 1.05 bits per heavy atom. The second-order valence-electron chi connectivity index (χ2n) is 9.58. The number of amides is 1. The number of carbonyl (C=O) groups excluding carboxylic acids is 1. The van der Waals surface area contributed by atoms with Crippen LogP contribution in [0.4, 0.5) is 13.2 Å². The van der Waals surface area contributed by atoms with Crippen LogP contribution in [-0.4, -0.2) is 44.0 Å². The number of rotatable bonds is 5. The van der Waals surface area contributed by atoms with Crippen LogP contribution in [0.5, 0.6) is 5.88 Å². The highest BCUT2D eigenvalue weighted by Crippen LogP contribution is 2.38. The van der Waals surface area contributed by atoms with Crippen molar-refractivity contribution in [2.24, 2.45) is 7.05 Å². The van der Waals surface area contributed by atoms with E-state index in [2.05, 4.69) is 15.0 Å². The average Bonchev–Trinajstić information content (AvgIpc) is 3.54. The molecule has 3 aromatic heterocycles. The van der Waals surface area contributed by atoms with Gasteiger partial charge in [-0.2, -0.15) is 13.2 Å². The fourth-order valence-electron chi connectivity index (χ4n) is 5.09. The summed E-state index contributed by atoms with van der Waals surface area (Å²) >= 11 is 1.40. The van der Waals surface area contributed by atoms with Gasteiger partial charge < -0.3 is 14.2 Å². The predicted molar refractivity (Wildman–Crippen MR) is 151 cm³/mol. The molecule has 2 aromatic carbocycles. The molecule has 0 aliphatic carbocycles. The molecule has 0 bridgehead atoms. The number of ether oxygens (including phenoxy) is 1. The van der Waals surface area contributed by atoms with Crippen LogP contribution in [0.3, 0.4) is 0 Å². The van der Waals surface area contributed by atoms with E-state index >= 15 is 0 Å². The summed E-state index contributed by atoms with van der Waals surface area (Å²) in [5.41, 5.74) is 4.11. The molecule has 208 valence electrons. The van der Waals surface area contributed by atoms with E-state index in [1.165, 1.54) is 29.8 Å². The zero-order valence-electron chi connectivity index (χ0n) is 22.1. The molecule has 6 rings (SSSR count). The van der Waals surface area contributed by atoms with E-state index in [0.29, 0.717) is 47.0 Å². The number of thiazole rings is 1. The van der Waals surface area contributed by atoms with Crippen molar-refractivity contribution in [3.63, 3.8) is 0 Å². The first-order valence-corrected chi connectivity index (χ1v) is 13.6. The minimum atomic E-state index is -4.39. The molecule has 0 spiro atoms. The van der Waals surface area contributed by atoms with Crippen LogP contribution in [0.15, 0.2) is 67.0 Å². The summed E-state index contributed by atoms with van der Waals surface area (Å²) in [6, 6.07) is 14.8. The number of fused-ring (bicyclic) bond motifs is 2. The van der Waals surface area contributed by atoms with Crippen LogP contribution in [0, 0.1) is 0 Å². The zero-order valence-corrected chi connectivity index (χ0v) is 23.0. The molecule has 11 heteroatoms. The Bertz CT molecular complexity index is 1780. The smallest absolute Gasteiger partial charge is 0.416 e. The Labute approximate surface area is 237 Å². The standard InChI is InChI=1S/C30H24F3N5O2S/c1-37-26(18-6-4-3-5-7-18)21(25-27(37)34-17-35-28(25)40-2)12-13-24(39)38-15-14-22-23(16-38)41-29(36-22)19-8-10-20(11-9-19)30(31,32)33/h3-13,17H,14-16H2,1-2H3/b13-12+. The summed E-state index contributed by atoms with van der Waals surface area (Å²) in [5.74, 6) is 0.259. The normalized spacial score (nSPS) is 13.6. The first kappa shape index (κ1) is 26.7. The molecule has 0 unspecified atom stereocenters. The molecular formula is C30H24F3N5O2S. The number of halogens is 3. The maximum absolute atomic E-state index is 13.4. The number of benzene rings is 2. The summed E-state index contributed by atoms with van der Waals surface area (Å²) in [4.78, 5) is 29.5. The monoisotopic (exact) mass is 575 g/mol. The highest BCUT2D eigenvalue weighted by Gasteiger charge is 2.30. The lowest BCUT2D eigenvalue weighted by molar-refractivity contribution is -0.137. The number of hydrogen-bond donors (Lipinski definition) is 0. The van der Waals surface area contributed by atoms with E-state index in [1.807, 2.05) is 41.9 Å². The maximum Gasteiger partial charge on any atom is 0.416 e. The van der Waals surface area contributed by atoms with Crippen LogP contribution in [0.2, 0.25) is 0 Å². The van der Waals surface area contributed by atoms with Gasteiger partial charge in [0.2, 0.25) is 11.8 Å². The summed E-state index contributed by atoms with van der Waals surface area (Å²) in [6.45, 7) is 0.865. The molecule has 0 saturated carbocycles. The van der Waals surface area contributed by atoms with Gasteiger partial charge >= 0.3 is 6.18 Å². The van der Waals surface area contributed by atoms with Gasteiger partial charge in [0, 0.05) is 42.1 Å². The van der Waals surface area contributed by atoms with Crippen molar-refractivity contribution in [1.29, 1.82) is 0 Å². The van der Waals surface area contributed by atoms with Crippen molar-refractivity contribution in [2.45, 2.75) is 19.1 Å². The largest absolute Gasteiger partial charge is 0.480 e. The Balaban J connectivity index is 1.28. The van der Waals surface area contributed by atoms with E-state index in [0.717, 1.165) is 39.5 Å². The lowest BCUT2D eigenvalue weighted by atomic mass is 10.1. The molecule has 1 aliphatic heterocycles. The van der Waals surface area contributed by atoms with Gasteiger partial charge in [0.05, 0.1) is 36.0 Å². The van der Waals surface area contributed by atoms with E-state index in [4.69, 9.17) is 4.74 Å². The predicted octanol–water partition coefficient (Wildman–Crippen LogP) is 6.38. The van der Waals surface area contributed by atoms with Crippen LogP contribution < -0.4 is 4.74 Å². The SMILES string of the molecule is COc1ncnc2c1c(/C=C/C(=O)N1CCc3nc(-c4ccc(C(F)(F)F)cc4)sc3C1)c(-c1ccccc1)n2C. The summed E-state index contributed by atoms with van der Waals surface area (Å²) in [6.07, 6.45) is 0.970. The second-order valence-corrected chi connectivity index (χ2v) is 10.7. The van der Waals surface area contributed by atoms with Crippen LogP contribution in [0.1, 0.15) is 21.7 Å². The minimum absolute atomic E-state index is 0.160. The lowest BCUT2D eigenvalue weighted by Crippen LogP contribution is -2.34. The minimum Gasteiger partial charge on any atom is -0.480 e. The van der Waals surface area contributed by atoms with Crippen molar-refractivity contribution in [1.82, 2.24) is 24.4 Å². The van der Waals surface area contributed by atoms with Gasteiger partial charge in [-0.05, 0) is 23.8 Å². The summed E-state index contributed by atoms with van der Waals surface area (Å²) in [5, 5.41) is 1.36. The van der Waals surface area contributed by atoms with Crippen molar-refractivity contribution in [3.8, 4) is 27.7 Å². The molecule has 0 saturated heterocycles. The van der Waals surface area contributed by atoms with Gasteiger partial charge in [0.15, 0.2) is 0 Å². The Morgan fingerprint density at radius 2 is 1.80 bits per heavy atom. The van der Waals surface area contributed by atoms with Gasteiger partial charge in [0.1, 0.15) is 17.0 Å².